The summed E-state index contributed by atoms with van der Waals surface area (Å²) in [5, 5.41) is 12.4. The third kappa shape index (κ3) is 4.80. The standard InChI is InChI=1S/C15H21NO2S/c1-11-2-7-14(19-11)8-9-15(18)16-10-12-3-5-13(17)6-4-12/h2,7-9,12-13,17H,3-6,10H2,1H3,(H,16,18)/b9-8+. The highest BCUT2D eigenvalue weighted by Crippen LogP contribution is 2.23. The van der Waals surface area contributed by atoms with Crippen LogP contribution in [0.5, 0.6) is 0 Å². The van der Waals surface area contributed by atoms with Gasteiger partial charge >= 0.3 is 0 Å². The topological polar surface area (TPSA) is 49.3 Å². The van der Waals surface area contributed by atoms with E-state index in [1.54, 1.807) is 17.4 Å². The molecule has 1 amide bonds. The van der Waals surface area contributed by atoms with Crippen LogP contribution >= 0.6 is 11.3 Å². The van der Waals surface area contributed by atoms with E-state index in [1.165, 1.54) is 4.88 Å². The third-order valence-corrected chi connectivity index (χ3v) is 4.51. The lowest BCUT2D eigenvalue weighted by molar-refractivity contribution is -0.116. The lowest BCUT2D eigenvalue weighted by Crippen LogP contribution is -2.31. The predicted molar refractivity (Wildman–Crippen MR) is 79.1 cm³/mol. The van der Waals surface area contributed by atoms with Crippen molar-refractivity contribution in [3.05, 3.63) is 28.0 Å². The van der Waals surface area contributed by atoms with Crippen LogP contribution in [0.3, 0.4) is 0 Å². The Morgan fingerprint density at radius 2 is 2.16 bits per heavy atom. The van der Waals surface area contributed by atoms with Gasteiger partial charge in [-0.2, -0.15) is 0 Å². The van der Waals surface area contributed by atoms with Gasteiger partial charge in [0.2, 0.25) is 5.91 Å². The van der Waals surface area contributed by atoms with Crippen molar-refractivity contribution in [3.8, 4) is 0 Å². The second-order valence-electron chi connectivity index (χ2n) is 5.20. The monoisotopic (exact) mass is 279 g/mol. The van der Waals surface area contributed by atoms with Gasteiger partial charge in [-0.3, -0.25) is 4.79 Å². The molecule has 1 aromatic heterocycles. The summed E-state index contributed by atoms with van der Waals surface area (Å²) in [7, 11) is 0. The Balaban J connectivity index is 1.71. The number of amides is 1. The van der Waals surface area contributed by atoms with Crippen LogP contribution in [0.4, 0.5) is 0 Å². The van der Waals surface area contributed by atoms with Crippen molar-refractivity contribution >= 4 is 23.3 Å². The molecule has 2 rings (SSSR count). The molecule has 1 aliphatic rings. The fraction of sp³-hybridized carbons (Fsp3) is 0.533. The summed E-state index contributed by atoms with van der Waals surface area (Å²) in [4.78, 5) is 14.0. The first-order chi connectivity index (χ1) is 9.13. The van der Waals surface area contributed by atoms with Crippen molar-refractivity contribution in [2.24, 2.45) is 5.92 Å². The molecule has 0 radical (unpaired) electrons. The van der Waals surface area contributed by atoms with E-state index in [4.69, 9.17) is 0 Å². The molecule has 4 heteroatoms. The van der Waals surface area contributed by atoms with E-state index in [1.807, 2.05) is 12.1 Å². The van der Waals surface area contributed by atoms with Gasteiger partial charge in [-0.05, 0) is 56.7 Å². The fourth-order valence-electron chi connectivity index (χ4n) is 2.35. The highest BCUT2D eigenvalue weighted by atomic mass is 32.1. The number of rotatable bonds is 4. The Hall–Kier alpha value is -1.13. The Morgan fingerprint density at radius 3 is 2.79 bits per heavy atom. The van der Waals surface area contributed by atoms with E-state index in [0.29, 0.717) is 5.92 Å². The summed E-state index contributed by atoms with van der Waals surface area (Å²) in [6, 6.07) is 4.07. The molecule has 0 aromatic carbocycles. The fourth-order valence-corrected chi connectivity index (χ4v) is 3.13. The van der Waals surface area contributed by atoms with Gasteiger partial charge < -0.3 is 10.4 Å². The summed E-state index contributed by atoms with van der Waals surface area (Å²) in [5.74, 6) is 0.488. The van der Waals surface area contributed by atoms with Gasteiger partial charge in [-0.15, -0.1) is 11.3 Å². The first-order valence-corrected chi connectivity index (χ1v) is 7.65. The second kappa shape index (κ2) is 6.87. The summed E-state index contributed by atoms with van der Waals surface area (Å²) >= 11 is 1.68. The number of nitrogens with one attached hydrogen (secondary N) is 1. The number of hydrogen-bond acceptors (Lipinski definition) is 3. The maximum Gasteiger partial charge on any atom is 0.244 e. The van der Waals surface area contributed by atoms with Crippen molar-refractivity contribution in [1.82, 2.24) is 5.32 Å². The minimum Gasteiger partial charge on any atom is -0.393 e. The maximum absolute atomic E-state index is 11.7. The smallest absolute Gasteiger partial charge is 0.244 e. The molecule has 0 unspecified atom stereocenters. The quantitative estimate of drug-likeness (QED) is 0.833. The van der Waals surface area contributed by atoms with Gasteiger partial charge in [0.25, 0.3) is 0 Å². The minimum absolute atomic E-state index is 0.0304. The van der Waals surface area contributed by atoms with Gasteiger partial charge in [0.15, 0.2) is 0 Å². The second-order valence-corrected chi connectivity index (χ2v) is 6.52. The lowest BCUT2D eigenvalue weighted by Gasteiger charge is -2.25. The Bertz CT molecular complexity index is 445. The summed E-state index contributed by atoms with van der Waals surface area (Å²) in [5.41, 5.74) is 0. The molecular weight excluding hydrogens is 258 g/mol. The molecule has 1 fully saturated rings. The van der Waals surface area contributed by atoms with Gasteiger partial charge in [-0.1, -0.05) is 0 Å². The van der Waals surface area contributed by atoms with Crippen LogP contribution in [0.15, 0.2) is 18.2 Å². The lowest BCUT2D eigenvalue weighted by atomic mass is 9.87. The van der Waals surface area contributed by atoms with Crippen molar-refractivity contribution in [2.75, 3.05) is 6.54 Å². The summed E-state index contributed by atoms with van der Waals surface area (Å²) < 4.78 is 0. The average Bonchev–Trinajstić information content (AvgIpc) is 2.81. The van der Waals surface area contributed by atoms with Crippen LogP contribution in [0.25, 0.3) is 6.08 Å². The molecule has 0 spiro atoms. The molecule has 19 heavy (non-hydrogen) atoms. The number of aliphatic hydroxyl groups is 1. The Labute approximate surface area is 118 Å². The van der Waals surface area contributed by atoms with Crippen molar-refractivity contribution < 1.29 is 9.90 Å². The van der Waals surface area contributed by atoms with Crippen LogP contribution < -0.4 is 5.32 Å². The summed E-state index contributed by atoms with van der Waals surface area (Å²) in [6.45, 7) is 2.78. The molecule has 1 heterocycles. The zero-order valence-electron chi connectivity index (χ0n) is 11.3. The van der Waals surface area contributed by atoms with Gasteiger partial charge in [0.05, 0.1) is 6.10 Å². The molecule has 3 nitrogen and oxygen atoms in total. The number of carbonyl (C=O) groups is 1. The molecule has 0 bridgehead atoms. The maximum atomic E-state index is 11.7. The molecule has 1 saturated carbocycles. The Morgan fingerprint density at radius 1 is 1.42 bits per heavy atom. The largest absolute Gasteiger partial charge is 0.393 e. The molecule has 0 saturated heterocycles. The molecule has 104 valence electrons. The van der Waals surface area contributed by atoms with Crippen LogP contribution in [-0.2, 0) is 4.79 Å². The third-order valence-electron chi connectivity index (χ3n) is 3.54. The van der Waals surface area contributed by atoms with Crippen LogP contribution in [0.1, 0.15) is 35.4 Å². The van der Waals surface area contributed by atoms with E-state index < -0.39 is 0 Å². The van der Waals surface area contributed by atoms with E-state index in [0.717, 1.165) is 37.1 Å². The van der Waals surface area contributed by atoms with Gasteiger partial charge in [0, 0.05) is 22.4 Å². The zero-order valence-corrected chi connectivity index (χ0v) is 12.1. The van der Waals surface area contributed by atoms with E-state index in [-0.39, 0.29) is 12.0 Å². The first-order valence-electron chi connectivity index (χ1n) is 6.84. The zero-order chi connectivity index (χ0) is 13.7. The first kappa shape index (κ1) is 14.3. The molecular formula is C15H21NO2S. The minimum atomic E-state index is -0.131. The highest BCUT2D eigenvalue weighted by Gasteiger charge is 2.19. The highest BCUT2D eigenvalue weighted by molar-refractivity contribution is 7.12. The number of aliphatic hydroxyl groups excluding tert-OH is 1. The SMILES string of the molecule is Cc1ccc(/C=C/C(=O)NCC2CCC(O)CC2)s1. The molecule has 2 N–H and O–H groups in total. The predicted octanol–water partition coefficient (Wildman–Crippen LogP) is 2.74. The van der Waals surface area contributed by atoms with E-state index in [9.17, 15) is 9.90 Å². The number of thiophene rings is 1. The van der Waals surface area contributed by atoms with Crippen molar-refractivity contribution in [3.63, 3.8) is 0 Å². The number of hydrogen-bond donors (Lipinski definition) is 2. The average molecular weight is 279 g/mol. The number of carbonyl (C=O) groups excluding carboxylic acids is 1. The normalized spacial score (nSPS) is 23.7. The van der Waals surface area contributed by atoms with Crippen molar-refractivity contribution in [1.29, 1.82) is 0 Å². The van der Waals surface area contributed by atoms with Gasteiger partial charge in [-0.25, -0.2) is 0 Å². The molecule has 1 aromatic rings. The van der Waals surface area contributed by atoms with Crippen LogP contribution in [0.2, 0.25) is 0 Å². The van der Waals surface area contributed by atoms with Crippen molar-refractivity contribution in [2.45, 2.75) is 38.7 Å². The van der Waals surface area contributed by atoms with Gasteiger partial charge in [0.1, 0.15) is 0 Å². The Kier molecular flexibility index (Phi) is 5.16. The van der Waals surface area contributed by atoms with Crippen LogP contribution in [-0.4, -0.2) is 23.7 Å². The van der Waals surface area contributed by atoms with Crippen LogP contribution in [0, 0.1) is 12.8 Å². The number of aryl methyl sites for hydroxylation is 1. The summed E-state index contributed by atoms with van der Waals surface area (Å²) in [6.07, 6.45) is 7.08. The molecule has 0 aliphatic heterocycles. The van der Waals surface area contributed by atoms with E-state index >= 15 is 0 Å². The van der Waals surface area contributed by atoms with E-state index in [2.05, 4.69) is 18.3 Å². The molecule has 1 aliphatic carbocycles. The molecule has 0 atom stereocenters.